The predicted molar refractivity (Wildman–Crippen MR) is 103 cm³/mol. The van der Waals surface area contributed by atoms with E-state index in [-0.39, 0.29) is 11.8 Å². The summed E-state index contributed by atoms with van der Waals surface area (Å²) < 4.78 is 6.96. The Kier molecular flexibility index (Phi) is 5.11. The van der Waals surface area contributed by atoms with Gasteiger partial charge in [-0.3, -0.25) is 9.59 Å². The molecule has 2 aromatic heterocycles. The number of hydrogen-bond donors (Lipinski definition) is 2. The molecule has 2 amide bonds. The van der Waals surface area contributed by atoms with Gasteiger partial charge in [-0.2, -0.15) is 5.10 Å². The van der Waals surface area contributed by atoms with Crippen LogP contribution in [0.5, 0.6) is 0 Å². The van der Waals surface area contributed by atoms with Gasteiger partial charge in [-0.15, -0.1) is 0 Å². The van der Waals surface area contributed by atoms with Gasteiger partial charge < -0.3 is 15.4 Å². The summed E-state index contributed by atoms with van der Waals surface area (Å²) in [6, 6.07) is 12.0. The first kappa shape index (κ1) is 17.9. The smallest absolute Gasteiger partial charge is 0.255 e. The van der Waals surface area contributed by atoms with Crippen LogP contribution in [0.2, 0.25) is 0 Å². The van der Waals surface area contributed by atoms with Crippen molar-refractivity contribution < 1.29 is 14.3 Å². The number of ether oxygens (including phenoxy) is 1. The standard InChI is InChI=1S/C20H19N5O3/c26-19(24-16-7-2-9-21-18(16)25-11-4-10-22-25)14-5-1-6-15(13-14)23-20(27)17-8-3-12-28-17/h1-2,4-7,9-11,13,17H,3,8,12H2,(H,23,27)(H,24,26)/t17-/m1/s1. The predicted octanol–water partition coefficient (Wildman–Crippen LogP) is 2.64. The molecule has 0 bridgehead atoms. The van der Waals surface area contributed by atoms with E-state index in [2.05, 4.69) is 20.7 Å². The van der Waals surface area contributed by atoms with Gasteiger partial charge in [-0.05, 0) is 49.2 Å². The number of carbonyl (C=O) groups is 2. The quantitative estimate of drug-likeness (QED) is 0.712. The molecule has 0 spiro atoms. The second-order valence-electron chi connectivity index (χ2n) is 6.35. The highest BCUT2D eigenvalue weighted by molar-refractivity contribution is 6.06. The van der Waals surface area contributed by atoms with Gasteiger partial charge in [-0.25, -0.2) is 9.67 Å². The third-order valence-corrected chi connectivity index (χ3v) is 4.37. The fourth-order valence-corrected chi connectivity index (χ4v) is 3.01. The van der Waals surface area contributed by atoms with Crippen LogP contribution in [0, 0.1) is 0 Å². The maximum absolute atomic E-state index is 12.7. The number of aromatic nitrogens is 3. The maximum atomic E-state index is 12.7. The monoisotopic (exact) mass is 377 g/mol. The fourth-order valence-electron chi connectivity index (χ4n) is 3.01. The molecule has 28 heavy (non-hydrogen) atoms. The number of benzene rings is 1. The Hall–Kier alpha value is -3.52. The largest absolute Gasteiger partial charge is 0.368 e. The number of carbonyl (C=O) groups excluding carboxylic acids is 2. The van der Waals surface area contributed by atoms with Crippen LogP contribution in [-0.4, -0.2) is 39.3 Å². The van der Waals surface area contributed by atoms with Gasteiger partial charge in [0.15, 0.2) is 5.82 Å². The van der Waals surface area contributed by atoms with Crippen molar-refractivity contribution in [2.45, 2.75) is 18.9 Å². The highest BCUT2D eigenvalue weighted by atomic mass is 16.5. The summed E-state index contributed by atoms with van der Waals surface area (Å²) in [5, 5.41) is 9.81. The van der Waals surface area contributed by atoms with E-state index in [0.717, 1.165) is 6.42 Å². The van der Waals surface area contributed by atoms with E-state index in [0.29, 0.717) is 35.8 Å². The minimum atomic E-state index is -0.426. The average molecular weight is 377 g/mol. The molecule has 3 heterocycles. The van der Waals surface area contributed by atoms with Gasteiger partial charge in [0.1, 0.15) is 6.10 Å². The van der Waals surface area contributed by atoms with Crippen molar-refractivity contribution in [3.8, 4) is 5.82 Å². The van der Waals surface area contributed by atoms with Crippen LogP contribution in [0.1, 0.15) is 23.2 Å². The lowest BCUT2D eigenvalue weighted by Crippen LogP contribution is -2.27. The van der Waals surface area contributed by atoms with Crippen LogP contribution < -0.4 is 10.6 Å². The summed E-state index contributed by atoms with van der Waals surface area (Å²) in [7, 11) is 0. The SMILES string of the molecule is O=C(Nc1cccnc1-n1cccn1)c1cccc(NC(=O)[C@H]2CCCO2)c1. The average Bonchev–Trinajstić information content (AvgIpc) is 3.43. The molecule has 1 aliphatic heterocycles. The summed E-state index contributed by atoms with van der Waals surface area (Å²) in [5.41, 5.74) is 1.50. The fraction of sp³-hybridized carbons (Fsp3) is 0.200. The van der Waals surface area contributed by atoms with E-state index in [4.69, 9.17) is 4.74 Å². The zero-order valence-corrected chi connectivity index (χ0v) is 15.0. The molecule has 1 aliphatic rings. The zero-order chi connectivity index (χ0) is 19.3. The molecule has 1 atom stereocenters. The normalized spacial score (nSPS) is 15.9. The van der Waals surface area contributed by atoms with Crippen molar-refractivity contribution in [3.05, 3.63) is 66.6 Å². The highest BCUT2D eigenvalue weighted by Gasteiger charge is 2.23. The van der Waals surface area contributed by atoms with E-state index in [1.54, 1.807) is 65.7 Å². The van der Waals surface area contributed by atoms with Gasteiger partial charge in [0.05, 0.1) is 5.69 Å². The molecular formula is C20H19N5O3. The number of anilines is 2. The lowest BCUT2D eigenvalue weighted by Gasteiger charge is -2.12. The first-order valence-electron chi connectivity index (χ1n) is 8.99. The zero-order valence-electron chi connectivity index (χ0n) is 15.0. The maximum Gasteiger partial charge on any atom is 0.255 e. The van der Waals surface area contributed by atoms with Crippen LogP contribution in [0.15, 0.2) is 61.1 Å². The number of nitrogens with zero attached hydrogens (tertiary/aromatic N) is 3. The Morgan fingerprint density at radius 1 is 1.11 bits per heavy atom. The van der Waals surface area contributed by atoms with Crippen molar-refractivity contribution in [1.29, 1.82) is 0 Å². The third-order valence-electron chi connectivity index (χ3n) is 4.37. The molecule has 0 unspecified atom stereocenters. The number of nitrogens with one attached hydrogen (secondary N) is 2. The van der Waals surface area contributed by atoms with Crippen molar-refractivity contribution in [2.24, 2.45) is 0 Å². The second kappa shape index (κ2) is 8.01. The summed E-state index contributed by atoms with van der Waals surface area (Å²) in [4.78, 5) is 29.2. The Labute approximate surface area is 161 Å². The number of pyridine rings is 1. The molecule has 8 heteroatoms. The molecule has 1 saturated heterocycles. The van der Waals surface area contributed by atoms with Gasteiger partial charge in [0, 0.05) is 36.4 Å². The Balaban J connectivity index is 1.49. The third kappa shape index (κ3) is 3.91. The molecule has 142 valence electrons. The Morgan fingerprint density at radius 2 is 2.04 bits per heavy atom. The van der Waals surface area contributed by atoms with Gasteiger partial charge >= 0.3 is 0 Å². The van der Waals surface area contributed by atoms with Crippen molar-refractivity contribution in [3.63, 3.8) is 0 Å². The lowest BCUT2D eigenvalue weighted by atomic mass is 10.1. The molecule has 8 nitrogen and oxygen atoms in total. The van der Waals surface area contributed by atoms with E-state index in [9.17, 15) is 9.59 Å². The van der Waals surface area contributed by atoms with Crippen LogP contribution >= 0.6 is 0 Å². The molecule has 2 N–H and O–H groups in total. The van der Waals surface area contributed by atoms with Gasteiger partial charge in [0.2, 0.25) is 0 Å². The van der Waals surface area contributed by atoms with Crippen LogP contribution in [0.3, 0.4) is 0 Å². The minimum absolute atomic E-state index is 0.191. The molecule has 3 aromatic rings. The molecule has 0 radical (unpaired) electrons. The highest BCUT2D eigenvalue weighted by Crippen LogP contribution is 2.19. The van der Waals surface area contributed by atoms with Crippen molar-refractivity contribution in [1.82, 2.24) is 14.8 Å². The molecule has 4 rings (SSSR count). The van der Waals surface area contributed by atoms with Crippen molar-refractivity contribution in [2.75, 3.05) is 17.2 Å². The van der Waals surface area contributed by atoms with Crippen LogP contribution in [0.4, 0.5) is 11.4 Å². The van der Waals surface area contributed by atoms with Crippen LogP contribution in [0.25, 0.3) is 5.82 Å². The molecule has 1 aromatic carbocycles. The first-order valence-corrected chi connectivity index (χ1v) is 8.99. The number of amides is 2. The molecule has 0 saturated carbocycles. The lowest BCUT2D eigenvalue weighted by molar-refractivity contribution is -0.124. The Morgan fingerprint density at radius 3 is 2.82 bits per heavy atom. The summed E-state index contributed by atoms with van der Waals surface area (Å²) in [5.74, 6) is 0.0154. The Bertz CT molecular complexity index is 981. The first-order chi connectivity index (χ1) is 13.7. The van der Waals surface area contributed by atoms with Gasteiger partial charge in [-0.1, -0.05) is 6.07 Å². The van der Waals surface area contributed by atoms with E-state index < -0.39 is 6.10 Å². The second-order valence-corrected chi connectivity index (χ2v) is 6.35. The number of rotatable bonds is 5. The van der Waals surface area contributed by atoms with Gasteiger partial charge in [0.25, 0.3) is 11.8 Å². The van der Waals surface area contributed by atoms with Crippen LogP contribution in [-0.2, 0) is 9.53 Å². The topological polar surface area (TPSA) is 98.1 Å². The molecule has 0 aliphatic carbocycles. The van der Waals surface area contributed by atoms with Crippen molar-refractivity contribution >= 4 is 23.2 Å². The minimum Gasteiger partial charge on any atom is -0.368 e. The van der Waals surface area contributed by atoms with E-state index >= 15 is 0 Å². The molecular weight excluding hydrogens is 358 g/mol. The molecule has 1 fully saturated rings. The number of hydrogen-bond acceptors (Lipinski definition) is 5. The summed E-state index contributed by atoms with van der Waals surface area (Å²) >= 11 is 0. The van der Waals surface area contributed by atoms with E-state index in [1.165, 1.54) is 0 Å². The van der Waals surface area contributed by atoms with E-state index in [1.807, 2.05) is 0 Å². The summed E-state index contributed by atoms with van der Waals surface area (Å²) in [6.45, 7) is 0.601. The summed E-state index contributed by atoms with van der Waals surface area (Å²) in [6.07, 6.45) is 6.19.